The number of esters is 2. The van der Waals surface area contributed by atoms with Crippen molar-refractivity contribution in [1.82, 2.24) is 0 Å². The molecule has 0 aromatic carbocycles. The molecule has 1 spiro atoms. The summed E-state index contributed by atoms with van der Waals surface area (Å²) >= 11 is 0. The molecule has 1 aliphatic carbocycles. The number of allylic oxidation sites excluding steroid dienone is 4. The summed E-state index contributed by atoms with van der Waals surface area (Å²) in [6.45, 7) is 14.6. The normalized spacial score (nSPS) is 44.5. The van der Waals surface area contributed by atoms with Crippen molar-refractivity contribution >= 4 is 11.9 Å². The molecule has 3 fully saturated rings. The van der Waals surface area contributed by atoms with Gasteiger partial charge in [0.05, 0.1) is 18.8 Å². The maximum absolute atomic E-state index is 14.2. The lowest BCUT2D eigenvalue weighted by molar-refractivity contribution is -0.340. The number of ether oxygens (including phenoxy) is 5. The maximum atomic E-state index is 14.2. The van der Waals surface area contributed by atoms with E-state index in [0.29, 0.717) is 42.2 Å². The van der Waals surface area contributed by atoms with Gasteiger partial charge in [0, 0.05) is 25.7 Å². The molecule has 0 aromatic heterocycles. The average molecular weight is 613 g/mol. The monoisotopic (exact) mass is 612 g/mol. The minimum Gasteiger partial charge on any atom is -0.462 e. The first-order chi connectivity index (χ1) is 20.8. The number of carbonyl (C=O) groups is 2. The molecule has 0 amide bonds. The molecule has 8 heteroatoms. The highest BCUT2D eigenvalue weighted by Gasteiger charge is 2.61. The van der Waals surface area contributed by atoms with Crippen LogP contribution in [0, 0.1) is 23.7 Å². The van der Waals surface area contributed by atoms with Gasteiger partial charge in [0.2, 0.25) is 0 Å². The van der Waals surface area contributed by atoms with E-state index in [0.717, 1.165) is 19.3 Å². The van der Waals surface area contributed by atoms with Crippen LogP contribution in [0.5, 0.6) is 0 Å². The fourth-order valence-corrected chi connectivity index (χ4v) is 7.85. The molecule has 2 bridgehead atoms. The third-order valence-corrected chi connectivity index (χ3v) is 10.2. The van der Waals surface area contributed by atoms with Crippen LogP contribution in [0.3, 0.4) is 0 Å². The first-order valence-corrected chi connectivity index (χ1v) is 16.7. The van der Waals surface area contributed by atoms with E-state index in [2.05, 4.69) is 46.8 Å². The Hall–Kier alpha value is -2.26. The summed E-state index contributed by atoms with van der Waals surface area (Å²) in [4.78, 5) is 26.5. The first-order valence-electron chi connectivity index (χ1n) is 16.7. The van der Waals surface area contributed by atoms with Gasteiger partial charge in [0.1, 0.15) is 23.7 Å². The molecule has 8 nitrogen and oxygen atoms in total. The number of hydrogen-bond acceptors (Lipinski definition) is 8. The van der Waals surface area contributed by atoms with Crippen molar-refractivity contribution in [3.63, 3.8) is 0 Å². The number of fused-ring (bicyclic) bond motifs is 2. The van der Waals surface area contributed by atoms with Gasteiger partial charge in [-0.25, -0.2) is 0 Å². The van der Waals surface area contributed by atoms with E-state index >= 15 is 0 Å². The van der Waals surface area contributed by atoms with Crippen molar-refractivity contribution in [2.75, 3.05) is 6.61 Å². The highest BCUT2D eigenvalue weighted by Crippen LogP contribution is 2.48. The van der Waals surface area contributed by atoms with Crippen LogP contribution in [0.1, 0.15) is 93.4 Å². The van der Waals surface area contributed by atoms with Gasteiger partial charge in [-0.1, -0.05) is 70.6 Å². The second kappa shape index (κ2) is 13.2. The van der Waals surface area contributed by atoms with Gasteiger partial charge in [-0.05, 0) is 62.0 Å². The quantitative estimate of drug-likeness (QED) is 0.300. The largest absolute Gasteiger partial charge is 0.462 e. The molecular weight excluding hydrogens is 560 g/mol. The van der Waals surface area contributed by atoms with Crippen molar-refractivity contribution in [3.05, 3.63) is 47.1 Å². The third kappa shape index (κ3) is 6.64. The molecule has 244 valence electrons. The number of aliphatic hydroxyl groups is 1. The van der Waals surface area contributed by atoms with E-state index in [1.165, 1.54) is 5.57 Å². The summed E-state index contributed by atoms with van der Waals surface area (Å²) in [5.41, 5.74) is 0.777. The number of hydrogen-bond donors (Lipinski definition) is 1. The smallest absolute Gasteiger partial charge is 0.316 e. The molecule has 0 saturated carbocycles. The summed E-state index contributed by atoms with van der Waals surface area (Å²) < 4.78 is 31.8. The van der Waals surface area contributed by atoms with Gasteiger partial charge in [-0.15, -0.1) is 0 Å². The predicted molar refractivity (Wildman–Crippen MR) is 166 cm³/mol. The Kier molecular flexibility index (Phi) is 9.96. The van der Waals surface area contributed by atoms with Crippen molar-refractivity contribution in [2.45, 2.75) is 135 Å². The summed E-state index contributed by atoms with van der Waals surface area (Å²) in [7, 11) is 0. The Morgan fingerprint density at radius 3 is 2.68 bits per heavy atom. The Morgan fingerprint density at radius 2 is 1.95 bits per heavy atom. The SMILES string of the molecule is CCC(=O)O[C@@H]1C(C)=C[C@H]2C(=O)O[C@H]3C[C@@H](C/C=C(\C)C[C@@H](C)/C=C/C=C4\CO[C@H]1[C@@]42O)O[C@@]1(CC[C@H](C)[C@@H](C(C)C)O1)C3. The number of carbonyl (C=O) groups excluding carboxylic acids is 2. The van der Waals surface area contributed by atoms with Gasteiger partial charge in [-0.2, -0.15) is 0 Å². The zero-order chi connectivity index (χ0) is 31.8. The highest BCUT2D eigenvalue weighted by atomic mass is 16.7. The molecule has 0 radical (unpaired) electrons. The van der Waals surface area contributed by atoms with E-state index < -0.39 is 41.6 Å². The molecule has 1 N–H and O–H groups in total. The van der Waals surface area contributed by atoms with E-state index in [9.17, 15) is 14.7 Å². The van der Waals surface area contributed by atoms with Gasteiger partial charge in [0.15, 0.2) is 11.9 Å². The zero-order valence-corrected chi connectivity index (χ0v) is 27.5. The van der Waals surface area contributed by atoms with Gasteiger partial charge in [-0.3, -0.25) is 9.59 Å². The van der Waals surface area contributed by atoms with Crippen LogP contribution in [-0.4, -0.2) is 65.6 Å². The Balaban J connectivity index is 1.52. The van der Waals surface area contributed by atoms with Gasteiger partial charge >= 0.3 is 11.9 Å². The highest BCUT2D eigenvalue weighted by molar-refractivity contribution is 5.79. The Labute approximate surface area is 262 Å². The van der Waals surface area contributed by atoms with E-state index in [1.54, 1.807) is 13.0 Å². The molecule has 4 aliphatic heterocycles. The number of rotatable bonds is 3. The molecule has 44 heavy (non-hydrogen) atoms. The predicted octanol–water partition coefficient (Wildman–Crippen LogP) is 6.13. The first kappa shape index (κ1) is 33.1. The van der Waals surface area contributed by atoms with Gasteiger partial charge < -0.3 is 28.8 Å². The van der Waals surface area contributed by atoms with Crippen molar-refractivity contribution in [3.8, 4) is 0 Å². The average Bonchev–Trinajstić information content (AvgIpc) is 3.30. The molecular formula is C36H52O8. The van der Waals surface area contributed by atoms with Crippen LogP contribution in [-0.2, 0) is 33.3 Å². The second-order valence-electron chi connectivity index (χ2n) is 14.2. The summed E-state index contributed by atoms with van der Waals surface area (Å²) in [5, 5.41) is 12.4. The fourth-order valence-electron chi connectivity index (χ4n) is 7.85. The zero-order valence-electron chi connectivity index (χ0n) is 27.5. The lowest BCUT2D eigenvalue weighted by Crippen LogP contribution is -2.59. The molecule has 3 saturated heterocycles. The van der Waals surface area contributed by atoms with Crippen LogP contribution in [0.2, 0.25) is 0 Å². The third-order valence-electron chi connectivity index (χ3n) is 10.2. The van der Waals surface area contributed by atoms with Crippen molar-refractivity contribution in [2.24, 2.45) is 23.7 Å². The molecule has 0 aromatic rings. The molecule has 10 atom stereocenters. The lowest BCUT2D eigenvalue weighted by Gasteiger charge is -2.50. The maximum Gasteiger partial charge on any atom is 0.316 e. The van der Waals surface area contributed by atoms with Crippen LogP contribution < -0.4 is 0 Å². The van der Waals surface area contributed by atoms with Crippen LogP contribution in [0.15, 0.2) is 47.1 Å². The second-order valence-corrected chi connectivity index (χ2v) is 14.2. The van der Waals surface area contributed by atoms with Crippen LogP contribution in [0.25, 0.3) is 0 Å². The molecule has 0 unspecified atom stereocenters. The van der Waals surface area contributed by atoms with Crippen molar-refractivity contribution in [1.29, 1.82) is 0 Å². The molecule has 5 aliphatic rings. The van der Waals surface area contributed by atoms with Crippen molar-refractivity contribution < 1.29 is 38.4 Å². The standard InChI is InChI=1S/C36H52O8/c1-8-30(37)42-32-25(7)17-29-34(38)41-28-18-27(43-35(19-28)15-14-24(6)31(44-35)21(2)3)13-12-23(5)16-22(4)10-9-11-26-20-40-33(32)36(26,29)39/h9-12,17,21-22,24,27-29,31-33,39H,8,13-16,18-20H2,1-7H3/b10-9+,23-12+,26-11+/t22-,24-,27+,28-,29-,31+,32+,33+,35+,36+/m0/s1. The molecule has 4 heterocycles. The van der Waals surface area contributed by atoms with E-state index in [4.69, 9.17) is 23.7 Å². The van der Waals surface area contributed by atoms with Gasteiger partial charge in [0.25, 0.3) is 0 Å². The minimum absolute atomic E-state index is 0.0538. The topological polar surface area (TPSA) is 101 Å². The molecule has 5 rings (SSSR count). The Morgan fingerprint density at radius 1 is 1.18 bits per heavy atom. The summed E-state index contributed by atoms with van der Waals surface area (Å²) in [6.07, 6.45) is 12.1. The van der Waals surface area contributed by atoms with Crippen LogP contribution >= 0.6 is 0 Å². The Bertz CT molecular complexity index is 1210. The lowest BCUT2D eigenvalue weighted by atomic mass is 9.70. The van der Waals surface area contributed by atoms with Crippen LogP contribution in [0.4, 0.5) is 0 Å². The van der Waals surface area contributed by atoms with E-state index in [1.807, 2.05) is 19.1 Å². The summed E-state index contributed by atoms with van der Waals surface area (Å²) in [5.74, 6) is -1.75. The summed E-state index contributed by atoms with van der Waals surface area (Å²) in [6, 6.07) is 0. The van der Waals surface area contributed by atoms with E-state index in [-0.39, 0.29) is 37.1 Å². The minimum atomic E-state index is -1.72. The fraction of sp³-hybridized carbons (Fsp3) is 0.722.